The fraction of sp³-hybridized carbons (Fsp3) is 0.0667. The first kappa shape index (κ1) is 15.9. The minimum Gasteiger partial charge on any atom is -0.493 e. The Kier molecular flexibility index (Phi) is 4.35. The molecule has 0 unspecified atom stereocenters. The normalized spacial score (nSPS) is 15.9. The zero-order chi connectivity index (χ0) is 16.4. The summed E-state index contributed by atoms with van der Waals surface area (Å²) in [5.74, 6) is -0.0189. The number of anilines is 1. The monoisotopic (exact) mass is 444 g/mol. The van der Waals surface area contributed by atoms with Gasteiger partial charge in [0.05, 0.1) is 6.20 Å². The van der Waals surface area contributed by atoms with Gasteiger partial charge in [-0.25, -0.2) is 9.03 Å². The van der Waals surface area contributed by atoms with Gasteiger partial charge in [-0.15, -0.1) is 0 Å². The van der Waals surface area contributed by atoms with E-state index in [9.17, 15) is 13.5 Å². The third kappa shape index (κ3) is 3.53. The van der Waals surface area contributed by atoms with Crippen LogP contribution in [0.5, 0.6) is 5.75 Å². The summed E-state index contributed by atoms with van der Waals surface area (Å²) < 4.78 is 33.7. The number of ether oxygens (including phenoxy) is 1. The number of rotatable bonds is 4. The fourth-order valence-electron chi connectivity index (χ4n) is 2.11. The predicted molar refractivity (Wildman–Crippen MR) is 95.2 cm³/mol. The van der Waals surface area contributed by atoms with Gasteiger partial charge in [-0.05, 0) is 46.4 Å². The molecule has 6 nitrogen and oxygen atoms in total. The summed E-state index contributed by atoms with van der Waals surface area (Å²) in [6, 6.07) is 14.7. The Morgan fingerprint density at radius 1 is 1.17 bits per heavy atom. The summed E-state index contributed by atoms with van der Waals surface area (Å²) >= 11 is 2.12. The maximum atomic E-state index is 12.0. The third-order valence-electron chi connectivity index (χ3n) is 3.13. The summed E-state index contributed by atoms with van der Waals surface area (Å²) in [6.45, 7) is 0.310. The second-order valence-corrected chi connectivity index (χ2v) is 7.60. The van der Waals surface area contributed by atoms with E-state index in [0.717, 1.165) is 19.6 Å². The van der Waals surface area contributed by atoms with Crippen molar-refractivity contribution in [1.82, 2.24) is 4.72 Å². The smallest absolute Gasteiger partial charge is 0.330 e. The summed E-state index contributed by atoms with van der Waals surface area (Å²) in [4.78, 5) is 0. The molecule has 0 radical (unpaired) electrons. The molecule has 0 atom stereocenters. The van der Waals surface area contributed by atoms with Crippen LogP contribution < -0.4 is 13.8 Å². The van der Waals surface area contributed by atoms with Crippen molar-refractivity contribution in [3.05, 3.63) is 69.7 Å². The lowest BCUT2D eigenvalue weighted by Gasteiger charge is -2.18. The van der Waals surface area contributed by atoms with Crippen molar-refractivity contribution in [2.24, 2.45) is 0 Å². The molecule has 2 aromatic rings. The van der Waals surface area contributed by atoms with Crippen LogP contribution in [0.2, 0.25) is 0 Å². The standard InChI is InChI=1S/C15H13IN2O4S/c16-12-6-7-13(18-9-15(19)17-23(18,20)21)14(8-12)22-10-11-4-2-1-3-5-11/h1-9,17,19H,10H2. The molecule has 3 rings (SSSR count). The number of hydrogen-bond acceptors (Lipinski definition) is 4. The van der Waals surface area contributed by atoms with Crippen LogP contribution in [-0.4, -0.2) is 13.5 Å². The summed E-state index contributed by atoms with van der Waals surface area (Å²) in [6.07, 6.45) is 1.10. The van der Waals surface area contributed by atoms with E-state index in [1.165, 1.54) is 0 Å². The van der Waals surface area contributed by atoms with Crippen molar-refractivity contribution < 1.29 is 18.3 Å². The lowest BCUT2D eigenvalue weighted by molar-refractivity contribution is 0.307. The van der Waals surface area contributed by atoms with Crippen LogP contribution in [0, 0.1) is 3.57 Å². The molecule has 0 aliphatic carbocycles. The number of aliphatic hydroxyl groups is 1. The molecule has 120 valence electrons. The number of benzene rings is 2. The quantitative estimate of drug-likeness (QED) is 0.712. The summed E-state index contributed by atoms with van der Waals surface area (Å²) in [7, 11) is -3.85. The molecule has 0 spiro atoms. The van der Waals surface area contributed by atoms with Crippen LogP contribution in [0.15, 0.2) is 60.6 Å². The highest BCUT2D eigenvalue weighted by molar-refractivity contribution is 14.1. The maximum Gasteiger partial charge on any atom is 0.330 e. The van der Waals surface area contributed by atoms with Crippen molar-refractivity contribution in [2.75, 3.05) is 4.31 Å². The van der Waals surface area contributed by atoms with E-state index < -0.39 is 16.1 Å². The average molecular weight is 444 g/mol. The Morgan fingerprint density at radius 3 is 2.57 bits per heavy atom. The first-order chi connectivity index (χ1) is 11.0. The minimum absolute atomic E-state index is 0.310. The van der Waals surface area contributed by atoms with Crippen molar-refractivity contribution in [1.29, 1.82) is 0 Å². The fourth-order valence-corrected chi connectivity index (χ4v) is 3.63. The maximum absolute atomic E-state index is 12.0. The molecule has 23 heavy (non-hydrogen) atoms. The van der Waals surface area contributed by atoms with E-state index in [1.807, 2.05) is 35.1 Å². The molecule has 2 aromatic carbocycles. The van der Waals surface area contributed by atoms with E-state index in [2.05, 4.69) is 22.6 Å². The van der Waals surface area contributed by atoms with Gasteiger partial charge >= 0.3 is 10.2 Å². The zero-order valence-electron chi connectivity index (χ0n) is 11.8. The lowest BCUT2D eigenvalue weighted by Crippen LogP contribution is -2.29. The molecule has 1 aliphatic rings. The molecule has 0 bridgehead atoms. The summed E-state index contributed by atoms with van der Waals surface area (Å²) in [5, 5.41) is 9.44. The Labute approximate surface area is 147 Å². The number of nitrogens with zero attached hydrogens (tertiary/aromatic N) is 1. The van der Waals surface area contributed by atoms with Crippen molar-refractivity contribution in [3.8, 4) is 5.75 Å². The molecule has 0 saturated carbocycles. The van der Waals surface area contributed by atoms with Gasteiger partial charge in [0.15, 0.2) is 0 Å². The molecule has 8 heteroatoms. The van der Waals surface area contributed by atoms with E-state index in [-0.39, 0.29) is 0 Å². The Morgan fingerprint density at radius 2 is 1.91 bits per heavy atom. The van der Waals surface area contributed by atoms with Crippen LogP contribution in [0.1, 0.15) is 5.56 Å². The molecule has 1 aliphatic heterocycles. The van der Waals surface area contributed by atoms with Gasteiger partial charge in [-0.3, -0.25) is 0 Å². The van der Waals surface area contributed by atoms with Gasteiger partial charge in [0.2, 0.25) is 5.88 Å². The van der Waals surface area contributed by atoms with Gasteiger partial charge in [-0.2, -0.15) is 8.42 Å². The number of halogens is 1. The number of hydrogen-bond donors (Lipinski definition) is 2. The van der Waals surface area contributed by atoms with Crippen LogP contribution >= 0.6 is 22.6 Å². The number of aliphatic hydroxyl groups excluding tert-OH is 1. The molecule has 0 aromatic heterocycles. The van der Waals surface area contributed by atoms with Crippen LogP contribution in [0.25, 0.3) is 0 Å². The predicted octanol–water partition coefficient (Wildman–Crippen LogP) is 2.88. The molecule has 0 fully saturated rings. The molecule has 2 N–H and O–H groups in total. The average Bonchev–Trinajstić information content (AvgIpc) is 2.79. The highest BCUT2D eigenvalue weighted by Gasteiger charge is 2.30. The van der Waals surface area contributed by atoms with E-state index in [0.29, 0.717) is 18.0 Å². The Hall–Kier alpha value is -1.94. The lowest BCUT2D eigenvalue weighted by atomic mass is 10.2. The third-order valence-corrected chi connectivity index (χ3v) is 5.09. The van der Waals surface area contributed by atoms with Gasteiger partial charge in [-0.1, -0.05) is 30.3 Å². The highest BCUT2D eigenvalue weighted by atomic mass is 127. The summed E-state index contributed by atoms with van der Waals surface area (Å²) in [5.41, 5.74) is 1.30. The van der Waals surface area contributed by atoms with E-state index in [4.69, 9.17) is 4.74 Å². The van der Waals surface area contributed by atoms with Crippen molar-refractivity contribution in [2.45, 2.75) is 6.61 Å². The Balaban J connectivity index is 1.92. The largest absolute Gasteiger partial charge is 0.493 e. The van der Waals surface area contributed by atoms with Gasteiger partial charge in [0.1, 0.15) is 18.0 Å². The van der Waals surface area contributed by atoms with Crippen LogP contribution in [0.4, 0.5) is 5.69 Å². The highest BCUT2D eigenvalue weighted by Crippen LogP contribution is 2.34. The SMILES string of the molecule is O=S1(=O)NC(O)=CN1c1ccc(I)cc1OCc1ccccc1. The first-order valence-corrected chi connectivity index (χ1v) is 9.17. The molecule has 0 saturated heterocycles. The van der Waals surface area contributed by atoms with Crippen LogP contribution in [-0.2, 0) is 16.8 Å². The molecular weight excluding hydrogens is 431 g/mol. The van der Waals surface area contributed by atoms with Crippen molar-refractivity contribution >= 4 is 38.5 Å². The second kappa shape index (κ2) is 6.28. The van der Waals surface area contributed by atoms with E-state index in [1.54, 1.807) is 18.2 Å². The van der Waals surface area contributed by atoms with E-state index >= 15 is 0 Å². The molecule has 0 amide bonds. The zero-order valence-corrected chi connectivity index (χ0v) is 14.8. The first-order valence-electron chi connectivity index (χ1n) is 6.65. The second-order valence-electron chi connectivity index (χ2n) is 4.80. The van der Waals surface area contributed by atoms with Gasteiger partial charge in [0, 0.05) is 3.57 Å². The molecular formula is C15H13IN2O4S. The van der Waals surface area contributed by atoms with Gasteiger partial charge < -0.3 is 9.84 Å². The minimum atomic E-state index is -3.85. The number of nitrogens with one attached hydrogen (secondary N) is 1. The van der Waals surface area contributed by atoms with Gasteiger partial charge in [0.25, 0.3) is 0 Å². The molecule has 1 heterocycles. The Bertz CT molecular complexity index is 853. The van der Waals surface area contributed by atoms with Crippen LogP contribution in [0.3, 0.4) is 0 Å². The topological polar surface area (TPSA) is 78.9 Å². The van der Waals surface area contributed by atoms with Crippen molar-refractivity contribution in [3.63, 3.8) is 0 Å².